The van der Waals surface area contributed by atoms with E-state index >= 15 is 0 Å². The number of aromatic nitrogens is 2. The van der Waals surface area contributed by atoms with Gasteiger partial charge in [-0.15, -0.1) is 0 Å². The number of ether oxygens (including phenoxy) is 1. The van der Waals surface area contributed by atoms with Gasteiger partial charge in [0, 0.05) is 21.5 Å². The van der Waals surface area contributed by atoms with E-state index in [2.05, 4.69) is 42.8 Å². The minimum absolute atomic E-state index is 0.261. The first kappa shape index (κ1) is 16.4. The topological polar surface area (TPSA) is 68.0 Å². The number of halogens is 1. The molecule has 0 aliphatic heterocycles. The summed E-state index contributed by atoms with van der Waals surface area (Å²) in [5, 5.41) is 3.98. The largest absolute Gasteiger partial charge is 0.464 e. The Balaban J connectivity index is 1.79. The lowest BCUT2D eigenvalue weighted by Crippen LogP contribution is -2.13. The molecule has 0 bridgehead atoms. The number of nitrogens with one attached hydrogen (secondary N) is 1. The number of benzene rings is 1. The highest BCUT2D eigenvalue weighted by Crippen LogP contribution is 2.22. The van der Waals surface area contributed by atoms with E-state index in [0.29, 0.717) is 0 Å². The quantitative estimate of drug-likeness (QED) is 0.295. The van der Waals surface area contributed by atoms with Gasteiger partial charge in [-0.25, -0.2) is 9.78 Å². The second kappa shape index (κ2) is 7.00. The molecule has 3 aromatic rings. The smallest absolute Gasteiger partial charge is 0.353 e. The standard InChI is InChI=1S/C17H15IN4O2/c1-11(17(23)24-2)20-21-14-6-3-12(4-7-14)15-10-22-9-13(18)5-8-16(22)19-15/h3-10,21H,1-2H3. The summed E-state index contributed by atoms with van der Waals surface area (Å²) in [6.07, 6.45) is 4.03. The number of hydrogen-bond donors (Lipinski definition) is 1. The Morgan fingerprint density at radius 3 is 2.67 bits per heavy atom. The van der Waals surface area contributed by atoms with Crippen molar-refractivity contribution < 1.29 is 9.53 Å². The molecule has 2 heterocycles. The zero-order chi connectivity index (χ0) is 17.1. The number of carbonyl (C=O) groups excluding carboxylic acids is 1. The third kappa shape index (κ3) is 3.56. The maximum Gasteiger partial charge on any atom is 0.353 e. The lowest BCUT2D eigenvalue weighted by molar-refractivity contribution is -0.132. The highest BCUT2D eigenvalue weighted by atomic mass is 127. The van der Waals surface area contributed by atoms with Gasteiger partial charge in [0.2, 0.25) is 0 Å². The molecule has 0 aliphatic carbocycles. The number of hydrogen-bond acceptors (Lipinski definition) is 5. The van der Waals surface area contributed by atoms with E-state index in [0.717, 1.165) is 26.2 Å². The number of anilines is 1. The van der Waals surface area contributed by atoms with Crippen LogP contribution in [0, 0.1) is 3.57 Å². The molecule has 2 aromatic heterocycles. The summed E-state index contributed by atoms with van der Waals surface area (Å²) in [7, 11) is 1.33. The molecule has 7 heteroatoms. The van der Waals surface area contributed by atoms with E-state index < -0.39 is 5.97 Å². The van der Waals surface area contributed by atoms with Crippen molar-refractivity contribution in [1.82, 2.24) is 9.38 Å². The summed E-state index contributed by atoms with van der Waals surface area (Å²) in [5.74, 6) is -0.460. The molecule has 0 amide bonds. The predicted octanol–water partition coefficient (Wildman–Crippen LogP) is 3.57. The number of imidazole rings is 1. The molecule has 0 unspecified atom stereocenters. The van der Waals surface area contributed by atoms with Gasteiger partial charge in [-0.3, -0.25) is 5.43 Å². The number of esters is 1. The van der Waals surface area contributed by atoms with Crippen LogP contribution in [0.15, 0.2) is 53.9 Å². The van der Waals surface area contributed by atoms with Gasteiger partial charge in [-0.1, -0.05) is 12.1 Å². The molecule has 0 atom stereocenters. The third-order valence-electron chi connectivity index (χ3n) is 3.43. The maximum atomic E-state index is 11.3. The molecule has 1 aromatic carbocycles. The van der Waals surface area contributed by atoms with Crippen LogP contribution in [-0.2, 0) is 9.53 Å². The number of rotatable bonds is 4. The second-order valence-corrected chi connectivity index (χ2v) is 6.36. The van der Waals surface area contributed by atoms with E-state index in [1.54, 1.807) is 6.92 Å². The van der Waals surface area contributed by atoms with Crippen molar-refractivity contribution in [2.24, 2.45) is 5.10 Å². The molecule has 3 rings (SSSR count). The number of hydrazone groups is 1. The van der Waals surface area contributed by atoms with E-state index in [1.165, 1.54) is 7.11 Å². The normalized spacial score (nSPS) is 11.5. The van der Waals surface area contributed by atoms with Gasteiger partial charge in [-0.2, -0.15) is 5.10 Å². The SMILES string of the molecule is COC(=O)C(C)=NNc1ccc(-c2cn3cc(I)ccc3n2)cc1. The Bertz CT molecular complexity index is 916. The van der Waals surface area contributed by atoms with Crippen molar-refractivity contribution in [1.29, 1.82) is 0 Å². The molecule has 0 saturated carbocycles. The Hall–Kier alpha value is -2.42. The average Bonchev–Trinajstić information content (AvgIpc) is 3.02. The molecule has 6 nitrogen and oxygen atoms in total. The average molecular weight is 434 g/mol. The second-order valence-electron chi connectivity index (χ2n) is 5.12. The van der Waals surface area contributed by atoms with Crippen molar-refractivity contribution in [3.63, 3.8) is 0 Å². The minimum Gasteiger partial charge on any atom is -0.464 e. The van der Waals surface area contributed by atoms with Crippen molar-refractivity contribution in [2.45, 2.75) is 6.92 Å². The number of nitrogens with zero attached hydrogens (tertiary/aromatic N) is 3. The van der Waals surface area contributed by atoms with Gasteiger partial charge < -0.3 is 9.14 Å². The molecule has 0 spiro atoms. The van der Waals surface area contributed by atoms with Crippen molar-refractivity contribution >= 4 is 45.6 Å². The van der Waals surface area contributed by atoms with Crippen LogP contribution in [0.2, 0.25) is 0 Å². The molecular weight excluding hydrogens is 419 g/mol. The fourth-order valence-electron chi connectivity index (χ4n) is 2.16. The van der Waals surface area contributed by atoms with Crippen molar-refractivity contribution in [3.05, 3.63) is 52.4 Å². The number of carbonyl (C=O) groups is 1. The summed E-state index contributed by atoms with van der Waals surface area (Å²) in [6.45, 7) is 1.59. The molecule has 0 radical (unpaired) electrons. The molecule has 0 aliphatic rings. The number of pyridine rings is 1. The van der Waals surface area contributed by atoms with Crippen LogP contribution in [0.3, 0.4) is 0 Å². The van der Waals surface area contributed by atoms with E-state index in [-0.39, 0.29) is 5.71 Å². The summed E-state index contributed by atoms with van der Waals surface area (Å²) in [6, 6.07) is 11.7. The van der Waals surface area contributed by atoms with E-state index in [4.69, 9.17) is 0 Å². The van der Waals surface area contributed by atoms with Gasteiger partial charge >= 0.3 is 5.97 Å². The summed E-state index contributed by atoms with van der Waals surface area (Å²) >= 11 is 2.28. The molecule has 1 N–H and O–H groups in total. The lowest BCUT2D eigenvalue weighted by Gasteiger charge is -2.03. The molecule has 0 saturated heterocycles. The minimum atomic E-state index is -0.460. The first-order chi connectivity index (χ1) is 11.6. The molecule has 122 valence electrons. The lowest BCUT2D eigenvalue weighted by atomic mass is 10.1. The van der Waals surface area contributed by atoms with Crippen LogP contribution in [0.4, 0.5) is 5.69 Å². The summed E-state index contributed by atoms with van der Waals surface area (Å²) < 4.78 is 7.76. The van der Waals surface area contributed by atoms with Gasteiger partial charge in [0.1, 0.15) is 11.4 Å². The Morgan fingerprint density at radius 2 is 1.96 bits per heavy atom. The van der Waals surface area contributed by atoms with Crippen LogP contribution >= 0.6 is 22.6 Å². The first-order valence-electron chi connectivity index (χ1n) is 7.20. The van der Waals surface area contributed by atoms with Crippen LogP contribution in [0.25, 0.3) is 16.9 Å². The highest BCUT2D eigenvalue weighted by molar-refractivity contribution is 14.1. The summed E-state index contributed by atoms with van der Waals surface area (Å²) in [4.78, 5) is 15.9. The maximum absolute atomic E-state index is 11.3. The summed E-state index contributed by atoms with van der Waals surface area (Å²) in [5.41, 5.74) is 6.69. The van der Waals surface area contributed by atoms with Gasteiger partial charge in [0.05, 0.1) is 18.5 Å². The Kier molecular flexibility index (Phi) is 4.79. The fourth-order valence-corrected chi connectivity index (χ4v) is 2.64. The monoisotopic (exact) mass is 434 g/mol. The third-order valence-corrected chi connectivity index (χ3v) is 4.07. The van der Waals surface area contributed by atoms with Gasteiger partial charge in [0.25, 0.3) is 0 Å². The van der Waals surface area contributed by atoms with Crippen LogP contribution in [0.5, 0.6) is 0 Å². The van der Waals surface area contributed by atoms with E-state index in [1.807, 2.05) is 53.2 Å². The number of methoxy groups -OCH3 is 1. The zero-order valence-corrected chi connectivity index (χ0v) is 15.3. The van der Waals surface area contributed by atoms with Crippen molar-refractivity contribution in [3.8, 4) is 11.3 Å². The van der Waals surface area contributed by atoms with E-state index in [9.17, 15) is 4.79 Å². The van der Waals surface area contributed by atoms with Gasteiger partial charge in [0.15, 0.2) is 0 Å². The number of fused-ring (bicyclic) bond motifs is 1. The van der Waals surface area contributed by atoms with Crippen LogP contribution < -0.4 is 5.43 Å². The fraction of sp³-hybridized carbons (Fsp3) is 0.118. The highest BCUT2D eigenvalue weighted by Gasteiger charge is 2.06. The Labute approximate surface area is 152 Å². The first-order valence-corrected chi connectivity index (χ1v) is 8.28. The molecule has 24 heavy (non-hydrogen) atoms. The zero-order valence-electron chi connectivity index (χ0n) is 13.2. The Morgan fingerprint density at radius 1 is 1.21 bits per heavy atom. The van der Waals surface area contributed by atoms with Crippen molar-refractivity contribution in [2.75, 3.05) is 12.5 Å². The van der Waals surface area contributed by atoms with Crippen LogP contribution in [0.1, 0.15) is 6.92 Å². The van der Waals surface area contributed by atoms with Gasteiger partial charge in [-0.05, 0) is 53.8 Å². The van der Waals surface area contributed by atoms with Crippen LogP contribution in [-0.4, -0.2) is 28.2 Å². The molecular formula is C17H15IN4O2. The molecule has 0 fully saturated rings. The predicted molar refractivity (Wildman–Crippen MR) is 102 cm³/mol.